The second kappa shape index (κ2) is 7.66. The van der Waals surface area contributed by atoms with Crippen molar-refractivity contribution in [2.75, 3.05) is 24.4 Å². The Labute approximate surface area is 120 Å². The number of halogens is 1. The van der Waals surface area contributed by atoms with Gasteiger partial charge in [0.1, 0.15) is 5.75 Å². The van der Waals surface area contributed by atoms with E-state index < -0.39 is 6.04 Å². The second-order valence-corrected chi connectivity index (χ2v) is 5.57. The lowest BCUT2D eigenvalue weighted by atomic mass is 10.2. The van der Waals surface area contributed by atoms with Crippen molar-refractivity contribution in [1.82, 2.24) is 0 Å². The summed E-state index contributed by atoms with van der Waals surface area (Å²) in [7, 11) is 1.59. The first-order chi connectivity index (χ1) is 8.58. The summed E-state index contributed by atoms with van der Waals surface area (Å²) in [5.41, 5.74) is 6.48. The fourth-order valence-corrected chi connectivity index (χ4v) is 2.39. The molecule has 0 saturated carbocycles. The number of hydrogen-bond acceptors (Lipinski definition) is 4. The Morgan fingerprint density at radius 1 is 1.61 bits per heavy atom. The number of hydrogen-bond donors (Lipinski definition) is 2. The predicted octanol–water partition coefficient (Wildman–Crippen LogP) is 2.48. The molecule has 0 radical (unpaired) electrons. The van der Waals surface area contributed by atoms with E-state index in [-0.39, 0.29) is 5.91 Å². The lowest BCUT2D eigenvalue weighted by Crippen LogP contribution is -2.36. The van der Waals surface area contributed by atoms with Gasteiger partial charge in [0.2, 0.25) is 5.91 Å². The number of rotatable bonds is 6. The van der Waals surface area contributed by atoms with Gasteiger partial charge in [-0.2, -0.15) is 11.8 Å². The molecule has 0 saturated heterocycles. The minimum absolute atomic E-state index is 0.166. The standard InChI is InChI=1S/C12H17BrN2O2S/c1-17-11-4-3-8(7-9(11)13)15-12(16)10(14)5-6-18-2/h3-4,7,10H,5-6,14H2,1-2H3,(H,15,16)/t10-/m1/s1. The molecule has 100 valence electrons. The molecule has 18 heavy (non-hydrogen) atoms. The quantitative estimate of drug-likeness (QED) is 0.839. The Morgan fingerprint density at radius 3 is 2.89 bits per heavy atom. The maximum atomic E-state index is 11.8. The van der Waals surface area contributed by atoms with Crippen LogP contribution in [0.1, 0.15) is 6.42 Å². The first-order valence-corrected chi connectivity index (χ1v) is 7.66. The van der Waals surface area contributed by atoms with Gasteiger partial charge in [-0.1, -0.05) is 0 Å². The lowest BCUT2D eigenvalue weighted by Gasteiger charge is -2.12. The molecule has 0 spiro atoms. The van der Waals surface area contributed by atoms with Crippen molar-refractivity contribution in [3.8, 4) is 5.75 Å². The molecule has 6 heteroatoms. The van der Waals surface area contributed by atoms with Gasteiger partial charge in [-0.15, -0.1) is 0 Å². The summed E-state index contributed by atoms with van der Waals surface area (Å²) in [6.45, 7) is 0. The number of nitrogens with two attached hydrogens (primary N) is 1. The summed E-state index contributed by atoms with van der Waals surface area (Å²) in [5.74, 6) is 1.43. The number of methoxy groups -OCH3 is 1. The van der Waals surface area contributed by atoms with E-state index in [0.717, 1.165) is 16.0 Å². The minimum atomic E-state index is -0.474. The first-order valence-electron chi connectivity index (χ1n) is 5.47. The highest BCUT2D eigenvalue weighted by molar-refractivity contribution is 9.10. The average molecular weight is 333 g/mol. The smallest absolute Gasteiger partial charge is 0.241 e. The molecule has 0 fully saturated rings. The maximum Gasteiger partial charge on any atom is 0.241 e. The minimum Gasteiger partial charge on any atom is -0.496 e. The molecule has 1 amide bonds. The molecular formula is C12H17BrN2O2S. The number of carbonyl (C=O) groups is 1. The van der Waals surface area contributed by atoms with Crippen LogP contribution in [0.2, 0.25) is 0 Å². The second-order valence-electron chi connectivity index (χ2n) is 3.73. The zero-order chi connectivity index (χ0) is 13.5. The molecule has 1 aromatic rings. The number of ether oxygens (including phenoxy) is 1. The third-order valence-corrected chi connectivity index (χ3v) is 3.65. The summed E-state index contributed by atoms with van der Waals surface area (Å²) in [4.78, 5) is 11.8. The van der Waals surface area contributed by atoms with Crippen LogP contribution in [0.15, 0.2) is 22.7 Å². The van der Waals surface area contributed by atoms with Crippen LogP contribution in [0.5, 0.6) is 5.75 Å². The third-order valence-electron chi connectivity index (χ3n) is 2.39. The van der Waals surface area contributed by atoms with Gasteiger partial charge in [-0.3, -0.25) is 4.79 Å². The number of benzene rings is 1. The van der Waals surface area contributed by atoms with E-state index in [1.54, 1.807) is 37.1 Å². The summed E-state index contributed by atoms with van der Waals surface area (Å²) in [6, 6.07) is 4.88. The Bertz CT molecular complexity index is 415. The van der Waals surface area contributed by atoms with Crippen LogP contribution in [0, 0.1) is 0 Å². The van der Waals surface area contributed by atoms with Crippen molar-refractivity contribution in [3.05, 3.63) is 22.7 Å². The molecule has 1 atom stereocenters. The summed E-state index contributed by atoms with van der Waals surface area (Å²) < 4.78 is 5.91. The van der Waals surface area contributed by atoms with Crippen LogP contribution in [0.3, 0.4) is 0 Å². The fraction of sp³-hybridized carbons (Fsp3) is 0.417. The van der Waals surface area contributed by atoms with Gasteiger partial charge < -0.3 is 15.8 Å². The van der Waals surface area contributed by atoms with Gasteiger partial charge in [0.25, 0.3) is 0 Å². The van der Waals surface area contributed by atoms with Crippen LogP contribution >= 0.6 is 27.7 Å². The highest BCUT2D eigenvalue weighted by atomic mass is 79.9. The molecule has 0 aliphatic heterocycles. The van der Waals surface area contributed by atoms with E-state index in [2.05, 4.69) is 21.2 Å². The van der Waals surface area contributed by atoms with Crippen LogP contribution < -0.4 is 15.8 Å². The van der Waals surface area contributed by atoms with Gasteiger partial charge in [-0.25, -0.2) is 0 Å². The highest BCUT2D eigenvalue weighted by Crippen LogP contribution is 2.27. The lowest BCUT2D eigenvalue weighted by molar-refractivity contribution is -0.117. The van der Waals surface area contributed by atoms with E-state index in [4.69, 9.17) is 10.5 Å². The van der Waals surface area contributed by atoms with Gasteiger partial charge in [-0.05, 0) is 52.6 Å². The van der Waals surface area contributed by atoms with Gasteiger partial charge in [0, 0.05) is 5.69 Å². The number of carbonyl (C=O) groups excluding carboxylic acids is 1. The van der Waals surface area contributed by atoms with Crippen molar-refractivity contribution >= 4 is 39.3 Å². The van der Waals surface area contributed by atoms with Gasteiger partial charge in [0.05, 0.1) is 17.6 Å². The Hall–Kier alpha value is -0.720. The topological polar surface area (TPSA) is 64.3 Å². The van der Waals surface area contributed by atoms with Crippen molar-refractivity contribution in [2.45, 2.75) is 12.5 Å². The SMILES string of the molecule is COc1ccc(NC(=O)[C@H](N)CCSC)cc1Br. The van der Waals surface area contributed by atoms with E-state index in [0.29, 0.717) is 12.1 Å². The van der Waals surface area contributed by atoms with Crippen LogP contribution in [0.4, 0.5) is 5.69 Å². The summed E-state index contributed by atoms with van der Waals surface area (Å²) in [6.07, 6.45) is 2.66. The zero-order valence-electron chi connectivity index (χ0n) is 10.4. The monoisotopic (exact) mass is 332 g/mol. The van der Waals surface area contributed by atoms with Crippen molar-refractivity contribution in [1.29, 1.82) is 0 Å². The highest BCUT2D eigenvalue weighted by Gasteiger charge is 2.13. The van der Waals surface area contributed by atoms with E-state index in [1.165, 1.54) is 0 Å². The molecule has 0 unspecified atom stereocenters. The molecule has 0 heterocycles. The Morgan fingerprint density at radius 2 is 2.33 bits per heavy atom. The van der Waals surface area contributed by atoms with E-state index >= 15 is 0 Å². The first kappa shape index (κ1) is 15.3. The van der Waals surface area contributed by atoms with Crippen molar-refractivity contribution in [2.24, 2.45) is 5.73 Å². The molecular weight excluding hydrogens is 316 g/mol. The predicted molar refractivity (Wildman–Crippen MR) is 80.3 cm³/mol. The van der Waals surface area contributed by atoms with E-state index in [1.807, 2.05) is 6.26 Å². The summed E-state index contributed by atoms with van der Waals surface area (Å²) in [5, 5.41) is 2.78. The fourth-order valence-electron chi connectivity index (χ4n) is 1.36. The van der Waals surface area contributed by atoms with Gasteiger partial charge >= 0.3 is 0 Å². The van der Waals surface area contributed by atoms with Crippen molar-refractivity contribution in [3.63, 3.8) is 0 Å². The van der Waals surface area contributed by atoms with Gasteiger partial charge in [0.15, 0.2) is 0 Å². The van der Waals surface area contributed by atoms with Crippen LogP contribution in [-0.4, -0.2) is 31.1 Å². The normalized spacial score (nSPS) is 12.0. The van der Waals surface area contributed by atoms with Crippen molar-refractivity contribution < 1.29 is 9.53 Å². The Balaban J connectivity index is 2.61. The maximum absolute atomic E-state index is 11.8. The number of anilines is 1. The average Bonchev–Trinajstić information content (AvgIpc) is 2.36. The van der Waals surface area contributed by atoms with Crippen LogP contribution in [-0.2, 0) is 4.79 Å². The number of amides is 1. The molecule has 1 rings (SSSR count). The molecule has 0 bridgehead atoms. The number of thioether (sulfide) groups is 1. The molecule has 0 aliphatic carbocycles. The summed E-state index contributed by atoms with van der Waals surface area (Å²) >= 11 is 5.04. The Kier molecular flexibility index (Phi) is 6.52. The van der Waals surface area contributed by atoms with E-state index in [9.17, 15) is 4.79 Å². The largest absolute Gasteiger partial charge is 0.496 e. The molecule has 4 nitrogen and oxygen atoms in total. The molecule has 1 aromatic carbocycles. The zero-order valence-corrected chi connectivity index (χ0v) is 12.8. The molecule has 0 aliphatic rings. The third kappa shape index (κ3) is 4.51. The van der Waals surface area contributed by atoms with Crippen LogP contribution in [0.25, 0.3) is 0 Å². The molecule has 3 N–H and O–H groups in total. The number of nitrogens with one attached hydrogen (secondary N) is 1. The molecule has 0 aromatic heterocycles.